The molecule has 3 heteroatoms. The van der Waals surface area contributed by atoms with Gasteiger partial charge in [0.05, 0.1) is 5.38 Å². The van der Waals surface area contributed by atoms with E-state index in [1.54, 1.807) is 4.88 Å². The van der Waals surface area contributed by atoms with Gasteiger partial charge in [-0.15, -0.1) is 22.9 Å². The molecule has 0 radical (unpaired) electrons. The van der Waals surface area contributed by atoms with Crippen molar-refractivity contribution in [3.63, 3.8) is 0 Å². The minimum Gasteiger partial charge on any atom is -0.157 e. The van der Waals surface area contributed by atoms with Gasteiger partial charge in [0, 0.05) is 15.5 Å². The minimum atomic E-state index is 0.00167. The summed E-state index contributed by atoms with van der Waals surface area (Å²) in [4.78, 5) is 2.87. The first-order chi connectivity index (χ1) is 10.2. The fourth-order valence-electron chi connectivity index (χ4n) is 2.94. The van der Waals surface area contributed by atoms with E-state index in [9.17, 15) is 0 Å². The summed E-state index contributed by atoms with van der Waals surface area (Å²) < 4.78 is 0. The Morgan fingerprint density at radius 2 is 1.95 bits per heavy atom. The lowest BCUT2D eigenvalue weighted by atomic mass is 9.98. The number of aryl methyl sites for hydroxylation is 3. The van der Waals surface area contributed by atoms with Gasteiger partial charge in [-0.05, 0) is 53.3 Å². The van der Waals surface area contributed by atoms with Crippen molar-refractivity contribution in [2.75, 3.05) is 5.75 Å². The lowest BCUT2D eigenvalue weighted by Gasteiger charge is -2.12. The summed E-state index contributed by atoms with van der Waals surface area (Å²) in [6, 6.07) is 9.11. The largest absolute Gasteiger partial charge is 0.157 e. The van der Waals surface area contributed by atoms with Crippen LogP contribution in [0.1, 0.15) is 51.2 Å². The molecule has 0 aliphatic carbocycles. The Morgan fingerprint density at radius 3 is 2.67 bits per heavy atom. The number of hydrogen-bond acceptors (Lipinski definition) is 2. The molecule has 2 aromatic rings. The lowest BCUT2D eigenvalue weighted by Crippen LogP contribution is -1.97. The first-order valence-electron chi connectivity index (χ1n) is 7.67. The highest BCUT2D eigenvalue weighted by molar-refractivity contribution is 7.98. The highest BCUT2D eigenvalue weighted by Gasteiger charge is 2.19. The van der Waals surface area contributed by atoms with E-state index in [1.807, 2.05) is 23.1 Å². The molecule has 0 amide bonds. The van der Waals surface area contributed by atoms with Gasteiger partial charge >= 0.3 is 0 Å². The van der Waals surface area contributed by atoms with Crippen LogP contribution in [-0.2, 0) is 25.0 Å². The van der Waals surface area contributed by atoms with E-state index in [4.69, 9.17) is 11.6 Å². The molecule has 1 atom stereocenters. The van der Waals surface area contributed by atoms with Gasteiger partial charge in [0.15, 0.2) is 0 Å². The average molecular weight is 337 g/mol. The molecule has 21 heavy (non-hydrogen) atoms. The molecule has 112 valence electrons. The van der Waals surface area contributed by atoms with Crippen molar-refractivity contribution in [1.29, 1.82) is 0 Å². The maximum Gasteiger partial charge on any atom is 0.0928 e. The molecule has 0 fully saturated rings. The van der Waals surface area contributed by atoms with Crippen LogP contribution in [0.2, 0.25) is 0 Å². The molecule has 2 heterocycles. The number of hydrogen-bond donors (Lipinski definition) is 0. The van der Waals surface area contributed by atoms with Crippen LogP contribution in [0.4, 0.5) is 0 Å². The zero-order chi connectivity index (χ0) is 14.8. The van der Waals surface area contributed by atoms with E-state index in [2.05, 4.69) is 38.1 Å². The highest BCUT2D eigenvalue weighted by Crippen LogP contribution is 2.39. The van der Waals surface area contributed by atoms with Gasteiger partial charge in [-0.1, -0.05) is 32.0 Å². The topological polar surface area (TPSA) is 0 Å². The molecular weight excluding hydrogens is 316 g/mol. The number of rotatable bonds is 4. The number of fused-ring (bicyclic) bond motifs is 1. The van der Waals surface area contributed by atoms with E-state index >= 15 is 0 Å². The Labute approximate surface area is 140 Å². The van der Waals surface area contributed by atoms with Crippen LogP contribution in [0, 0.1) is 0 Å². The molecule has 1 aliphatic rings. The van der Waals surface area contributed by atoms with Crippen molar-refractivity contribution >= 4 is 34.7 Å². The third-order valence-electron chi connectivity index (χ3n) is 4.18. The molecule has 1 aromatic heterocycles. The van der Waals surface area contributed by atoms with Crippen molar-refractivity contribution < 1.29 is 0 Å². The molecule has 1 aliphatic heterocycles. The molecule has 0 bridgehead atoms. The number of halogens is 1. The predicted octanol–water partition coefficient (Wildman–Crippen LogP) is 5.99. The fourth-order valence-corrected chi connectivity index (χ4v) is 5.65. The third kappa shape index (κ3) is 3.18. The fraction of sp³-hybridized carbons (Fsp3) is 0.444. The molecule has 3 rings (SSSR count). The van der Waals surface area contributed by atoms with Crippen molar-refractivity contribution in [2.24, 2.45) is 0 Å². The van der Waals surface area contributed by atoms with E-state index < -0.39 is 0 Å². The lowest BCUT2D eigenvalue weighted by molar-refractivity contribution is 1.02. The average Bonchev–Trinajstić information content (AvgIpc) is 2.97. The second kappa shape index (κ2) is 6.76. The van der Waals surface area contributed by atoms with Crippen LogP contribution in [0.5, 0.6) is 0 Å². The monoisotopic (exact) mass is 336 g/mol. The highest BCUT2D eigenvalue weighted by atomic mass is 35.5. The van der Waals surface area contributed by atoms with Gasteiger partial charge in [0.2, 0.25) is 0 Å². The van der Waals surface area contributed by atoms with Gasteiger partial charge in [-0.25, -0.2) is 0 Å². The molecule has 0 saturated heterocycles. The Kier molecular flexibility index (Phi) is 4.98. The molecule has 0 saturated carbocycles. The Morgan fingerprint density at radius 1 is 1.14 bits per heavy atom. The maximum absolute atomic E-state index is 6.78. The van der Waals surface area contributed by atoms with Crippen LogP contribution in [0.3, 0.4) is 0 Å². The van der Waals surface area contributed by atoms with Gasteiger partial charge in [0.25, 0.3) is 0 Å². The van der Waals surface area contributed by atoms with Crippen LogP contribution in [-0.4, -0.2) is 5.75 Å². The first kappa shape index (κ1) is 15.5. The normalized spacial score (nSPS) is 15.8. The van der Waals surface area contributed by atoms with Gasteiger partial charge in [0.1, 0.15) is 0 Å². The van der Waals surface area contributed by atoms with Crippen LogP contribution < -0.4 is 0 Å². The molecule has 0 spiro atoms. The van der Waals surface area contributed by atoms with E-state index in [-0.39, 0.29) is 5.38 Å². The van der Waals surface area contributed by atoms with E-state index in [0.29, 0.717) is 0 Å². The van der Waals surface area contributed by atoms with Crippen LogP contribution in [0.15, 0.2) is 24.3 Å². The van der Waals surface area contributed by atoms with Crippen molar-refractivity contribution in [3.05, 3.63) is 56.3 Å². The van der Waals surface area contributed by atoms with E-state index in [0.717, 1.165) is 18.6 Å². The molecule has 0 nitrogen and oxygen atoms in total. The van der Waals surface area contributed by atoms with Crippen molar-refractivity contribution in [1.82, 2.24) is 0 Å². The Bertz CT molecular complexity index is 607. The second-order valence-corrected chi connectivity index (χ2v) is 8.21. The smallest absolute Gasteiger partial charge is 0.0928 e. The summed E-state index contributed by atoms with van der Waals surface area (Å²) in [6.45, 7) is 4.44. The van der Waals surface area contributed by atoms with E-state index in [1.165, 1.54) is 39.3 Å². The standard InChI is InChI=1S/C18H21ClS2/c1-3-12-5-6-14(9-13(12)4-2)18(19)17-10-15-11-20-8-7-16(15)21-17/h5-6,9-10,18H,3-4,7-8,11H2,1-2H3. The maximum atomic E-state index is 6.78. The van der Waals surface area contributed by atoms with Crippen LogP contribution in [0.25, 0.3) is 0 Å². The summed E-state index contributed by atoms with van der Waals surface area (Å²) in [6.07, 6.45) is 3.39. The molecule has 1 aromatic carbocycles. The van der Waals surface area contributed by atoms with Gasteiger partial charge < -0.3 is 0 Å². The zero-order valence-corrected chi connectivity index (χ0v) is 15.0. The Hall–Kier alpha value is -0.440. The quantitative estimate of drug-likeness (QED) is 0.618. The number of alkyl halides is 1. The predicted molar refractivity (Wildman–Crippen MR) is 97.1 cm³/mol. The van der Waals surface area contributed by atoms with Crippen LogP contribution >= 0.6 is 34.7 Å². The summed E-state index contributed by atoms with van der Waals surface area (Å²) in [5.41, 5.74) is 5.65. The number of thioether (sulfide) groups is 1. The first-order valence-corrected chi connectivity index (χ1v) is 10.1. The SMILES string of the molecule is CCc1ccc(C(Cl)c2cc3c(s2)CCSC3)cc1CC. The summed E-state index contributed by atoms with van der Waals surface area (Å²) >= 11 is 10.7. The summed E-state index contributed by atoms with van der Waals surface area (Å²) in [5, 5.41) is 0.00167. The van der Waals surface area contributed by atoms with Crippen molar-refractivity contribution in [3.8, 4) is 0 Å². The minimum absolute atomic E-state index is 0.00167. The summed E-state index contributed by atoms with van der Waals surface area (Å²) in [5.74, 6) is 2.41. The Balaban J connectivity index is 1.90. The number of benzene rings is 1. The number of thiophene rings is 1. The molecule has 1 unspecified atom stereocenters. The summed E-state index contributed by atoms with van der Waals surface area (Å²) in [7, 11) is 0. The molecule has 0 N–H and O–H groups in total. The van der Waals surface area contributed by atoms with Gasteiger partial charge in [-0.3, -0.25) is 0 Å². The molecular formula is C18H21ClS2. The van der Waals surface area contributed by atoms with Gasteiger partial charge in [-0.2, -0.15) is 11.8 Å². The zero-order valence-electron chi connectivity index (χ0n) is 12.6. The second-order valence-electron chi connectivity index (χ2n) is 5.50. The third-order valence-corrected chi connectivity index (χ3v) is 7.11. The van der Waals surface area contributed by atoms with Crippen molar-refractivity contribution in [2.45, 2.75) is 44.2 Å².